The quantitative estimate of drug-likeness (QED) is 0.514. The molecule has 1 fully saturated rings. The summed E-state index contributed by atoms with van der Waals surface area (Å²) in [5.41, 5.74) is 0.784. The van der Waals surface area contributed by atoms with E-state index in [1.165, 1.54) is 37.4 Å². The van der Waals surface area contributed by atoms with Crippen LogP contribution in [0, 0.1) is 0 Å². The Morgan fingerprint density at radius 1 is 1.03 bits per heavy atom. The lowest BCUT2D eigenvalue weighted by molar-refractivity contribution is -0.116. The first-order chi connectivity index (χ1) is 15.3. The van der Waals surface area contributed by atoms with Crippen molar-refractivity contribution in [3.63, 3.8) is 0 Å². The molecule has 0 spiro atoms. The van der Waals surface area contributed by atoms with Crippen LogP contribution in [0.1, 0.15) is 55.3 Å². The Hall–Kier alpha value is -2.42. The third-order valence-corrected chi connectivity index (χ3v) is 7.19. The Labute approximate surface area is 193 Å². The summed E-state index contributed by atoms with van der Waals surface area (Å²) < 4.78 is 33.1. The Morgan fingerprint density at radius 3 is 2.38 bits per heavy atom. The van der Waals surface area contributed by atoms with Gasteiger partial charge in [-0.05, 0) is 55.3 Å². The van der Waals surface area contributed by atoms with Crippen LogP contribution in [-0.2, 0) is 14.8 Å². The third kappa shape index (κ3) is 6.54. The number of ketones is 1. The largest absolute Gasteiger partial charge is 0.496 e. The topological polar surface area (TPSA) is 102 Å². The molecule has 1 aliphatic carbocycles. The molecule has 1 amide bonds. The van der Waals surface area contributed by atoms with Crippen LogP contribution in [0.15, 0.2) is 47.4 Å². The maximum Gasteiger partial charge on any atom is 0.240 e. The van der Waals surface area contributed by atoms with E-state index >= 15 is 0 Å². The van der Waals surface area contributed by atoms with E-state index in [0.717, 1.165) is 32.1 Å². The Balaban J connectivity index is 1.54. The molecular weight excluding hydrogens is 452 g/mol. The lowest BCUT2D eigenvalue weighted by atomic mass is 9.96. The highest BCUT2D eigenvalue weighted by Crippen LogP contribution is 2.25. The number of anilines is 1. The molecule has 0 unspecified atom stereocenters. The second-order valence-electron chi connectivity index (χ2n) is 7.80. The summed E-state index contributed by atoms with van der Waals surface area (Å²) in [5.74, 6) is -0.205. The number of ether oxygens (including phenoxy) is 1. The molecule has 2 aromatic rings. The number of nitrogens with one attached hydrogen (secondary N) is 2. The molecule has 1 aliphatic rings. The third-order valence-electron chi connectivity index (χ3n) is 5.42. The van der Waals surface area contributed by atoms with Gasteiger partial charge in [-0.1, -0.05) is 30.9 Å². The molecular formula is C23H27ClN2O5S. The first kappa shape index (κ1) is 24.2. The van der Waals surface area contributed by atoms with Crippen LogP contribution in [0.3, 0.4) is 0 Å². The molecule has 1 saturated carbocycles. The molecule has 0 aromatic heterocycles. The van der Waals surface area contributed by atoms with Gasteiger partial charge in [-0.2, -0.15) is 0 Å². The molecule has 32 heavy (non-hydrogen) atoms. The number of sulfonamides is 1. The van der Waals surface area contributed by atoms with Crippen molar-refractivity contribution in [3.8, 4) is 5.75 Å². The highest BCUT2D eigenvalue weighted by Gasteiger charge is 2.22. The number of amides is 1. The molecule has 0 bridgehead atoms. The fourth-order valence-electron chi connectivity index (χ4n) is 3.71. The van der Waals surface area contributed by atoms with Crippen LogP contribution in [0.5, 0.6) is 5.75 Å². The van der Waals surface area contributed by atoms with Crippen molar-refractivity contribution in [2.24, 2.45) is 0 Å². The number of benzene rings is 2. The van der Waals surface area contributed by atoms with E-state index in [2.05, 4.69) is 10.0 Å². The van der Waals surface area contributed by atoms with E-state index < -0.39 is 10.0 Å². The van der Waals surface area contributed by atoms with Gasteiger partial charge in [0, 0.05) is 29.6 Å². The van der Waals surface area contributed by atoms with Gasteiger partial charge in [0.15, 0.2) is 5.78 Å². The van der Waals surface area contributed by atoms with Gasteiger partial charge in [-0.25, -0.2) is 13.1 Å². The number of Topliss-reactive ketones (excluding diaryl/α,β-unsaturated/α-hetero) is 1. The van der Waals surface area contributed by atoms with Crippen molar-refractivity contribution in [2.45, 2.75) is 55.9 Å². The van der Waals surface area contributed by atoms with Gasteiger partial charge in [-0.3, -0.25) is 9.59 Å². The van der Waals surface area contributed by atoms with Crippen LogP contribution >= 0.6 is 11.6 Å². The molecule has 7 nitrogen and oxygen atoms in total. The first-order valence-corrected chi connectivity index (χ1v) is 12.4. The van der Waals surface area contributed by atoms with Crippen LogP contribution in [0.4, 0.5) is 5.69 Å². The smallest absolute Gasteiger partial charge is 0.240 e. The van der Waals surface area contributed by atoms with Crippen molar-refractivity contribution in [1.29, 1.82) is 0 Å². The Kier molecular flexibility index (Phi) is 8.28. The normalized spacial score (nSPS) is 14.7. The minimum Gasteiger partial charge on any atom is -0.496 e. The highest BCUT2D eigenvalue weighted by atomic mass is 35.5. The average molecular weight is 479 g/mol. The van der Waals surface area contributed by atoms with Gasteiger partial charge in [0.2, 0.25) is 15.9 Å². The van der Waals surface area contributed by atoms with E-state index in [4.69, 9.17) is 16.3 Å². The monoisotopic (exact) mass is 478 g/mol. The van der Waals surface area contributed by atoms with Gasteiger partial charge in [-0.15, -0.1) is 0 Å². The molecule has 3 rings (SSSR count). The van der Waals surface area contributed by atoms with Crippen molar-refractivity contribution >= 4 is 39.0 Å². The average Bonchev–Trinajstić information content (AvgIpc) is 2.78. The molecule has 172 valence electrons. The molecule has 9 heteroatoms. The van der Waals surface area contributed by atoms with Crippen molar-refractivity contribution < 1.29 is 22.7 Å². The van der Waals surface area contributed by atoms with Crippen LogP contribution in [0.2, 0.25) is 5.02 Å². The molecule has 0 aliphatic heterocycles. The number of carbonyl (C=O) groups is 2. The van der Waals surface area contributed by atoms with E-state index in [1.54, 1.807) is 12.1 Å². The minimum absolute atomic E-state index is 0.0136. The van der Waals surface area contributed by atoms with E-state index in [1.807, 2.05) is 0 Å². The molecule has 0 saturated heterocycles. The number of methoxy groups -OCH3 is 1. The Bertz CT molecular complexity index is 1060. The number of hydrogen-bond donors (Lipinski definition) is 2. The van der Waals surface area contributed by atoms with Crippen LogP contribution in [-0.4, -0.2) is 33.3 Å². The second-order valence-corrected chi connectivity index (χ2v) is 9.95. The summed E-state index contributed by atoms with van der Waals surface area (Å²) in [6.45, 7) is 0. The zero-order valence-electron chi connectivity index (χ0n) is 17.9. The van der Waals surface area contributed by atoms with Gasteiger partial charge in [0.25, 0.3) is 0 Å². The predicted octanol–water partition coefficient (Wildman–Crippen LogP) is 4.56. The van der Waals surface area contributed by atoms with Crippen LogP contribution < -0.4 is 14.8 Å². The Morgan fingerprint density at radius 2 is 1.72 bits per heavy atom. The molecule has 0 radical (unpaired) electrons. The standard InChI is InChI=1S/C23H27ClN2O5S/c1-31-22-13-7-16(24)15-20(22)21(27)12-14-23(28)25-17-8-10-19(11-9-17)32(29,30)26-18-5-3-2-4-6-18/h7-11,13,15,18,26H,2-6,12,14H2,1H3,(H,25,28). The van der Waals surface area contributed by atoms with Gasteiger partial charge < -0.3 is 10.1 Å². The number of rotatable bonds is 9. The highest BCUT2D eigenvalue weighted by molar-refractivity contribution is 7.89. The van der Waals surface area contributed by atoms with E-state index in [9.17, 15) is 18.0 Å². The molecule has 0 heterocycles. The maximum atomic E-state index is 12.6. The zero-order valence-corrected chi connectivity index (χ0v) is 19.5. The first-order valence-electron chi connectivity index (χ1n) is 10.6. The zero-order chi connectivity index (χ0) is 23.1. The van der Waals surface area contributed by atoms with Gasteiger partial charge >= 0.3 is 0 Å². The molecule has 0 atom stereocenters. The van der Waals surface area contributed by atoms with Crippen LogP contribution in [0.25, 0.3) is 0 Å². The number of hydrogen-bond acceptors (Lipinski definition) is 5. The summed E-state index contributed by atoms with van der Waals surface area (Å²) in [6, 6.07) is 10.7. The van der Waals surface area contributed by atoms with E-state index in [-0.39, 0.29) is 35.5 Å². The lowest BCUT2D eigenvalue weighted by Crippen LogP contribution is -2.36. The van der Waals surface area contributed by atoms with Crippen molar-refractivity contribution in [1.82, 2.24) is 4.72 Å². The summed E-state index contributed by atoms with van der Waals surface area (Å²) in [7, 11) is -2.14. The summed E-state index contributed by atoms with van der Waals surface area (Å²) in [5, 5.41) is 3.09. The molecule has 2 N–H and O–H groups in total. The SMILES string of the molecule is COc1ccc(Cl)cc1C(=O)CCC(=O)Nc1ccc(S(=O)(=O)NC2CCCCC2)cc1. The van der Waals surface area contributed by atoms with E-state index in [0.29, 0.717) is 22.0 Å². The summed E-state index contributed by atoms with van der Waals surface area (Å²) >= 11 is 5.95. The maximum absolute atomic E-state index is 12.6. The predicted molar refractivity (Wildman–Crippen MR) is 124 cm³/mol. The van der Waals surface area contributed by atoms with Crippen molar-refractivity contribution in [2.75, 3.05) is 12.4 Å². The minimum atomic E-state index is -3.60. The van der Waals surface area contributed by atoms with Crippen molar-refractivity contribution in [3.05, 3.63) is 53.1 Å². The second kappa shape index (κ2) is 10.9. The van der Waals surface area contributed by atoms with Gasteiger partial charge in [0.05, 0.1) is 17.6 Å². The fraction of sp³-hybridized carbons (Fsp3) is 0.391. The summed E-state index contributed by atoms with van der Waals surface area (Å²) in [4.78, 5) is 24.9. The fourth-order valence-corrected chi connectivity index (χ4v) is 5.19. The summed E-state index contributed by atoms with van der Waals surface area (Å²) in [6.07, 6.45) is 4.87. The number of carbonyl (C=O) groups excluding carboxylic acids is 2. The number of halogens is 1. The molecule has 2 aromatic carbocycles. The lowest BCUT2D eigenvalue weighted by Gasteiger charge is -2.22. The van der Waals surface area contributed by atoms with Gasteiger partial charge in [0.1, 0.15) is 5.75 Å².